The molecule has 3 heterocycles. The van der Waals surface area contributed by atoms with Crippen molar-refractivity contribution in [3.05, 3.63) is 70.8 Å². The van der Waals surface area contributed by atoms with E-state index in [1.54, 1.807) is 6.07 Å². The van der Waals surface area contributed by atoms with Crippen molar-refractivity contribution < 1.29 is 19.5 Å². The summed E-state index contributed by atoms with van der Waals surface area (Å²) in [6.45, 7) is 0. The van der Waals surface area contributed by atoms with E-state index in [2.05, 4.69) is 15.3 Å². The van der Waals surface area contributed by atoms with Crippen molar-refractivity contribution in [3.8, 4) is 0 Å². The summed E-state index contributed by atoms with van der Waals surface area (Å²) in [7, 11) is 0. The third-order valence-electron chi connectivity index (χ3n) is 5.49. The number of carbonyl (C=O) groups is 3. The first-order valence-corrected chi connectivity index (χ1v) is 12.2. The maximum absolute atomic E-state index is 12.9. The number of β-lactam (4-membered cyclic amide) rings is 1. The molecule has 2 aliphatic heterocycles. The molecule has 5 rings (SSSR count). The van der Waals surface area contributed by atoms with Crippen LogP contribution in [0, 0.1) is 0 Å². The van der Waals surface area contributed by atoms with Crippen molar-refractivity contribution in [1.82, 2.24) is 20.2 Å². The number of nitrogens with two attached hydrogens (primary N) is 1. The van der Waals surface area contributed by atoms with Crippen LogP contribution in [0.4, 0.5) is 5.82 Å². The Morgan fingerprint density at radius 2 is 1.88 bits per heavy atom. The van der Waals surface area contributed by atoms with Crippen LogP contribution in [0.2, 0.25) is 0 Å². The molecule has 3 aromatic rings. The number of hydrogen-bond donors (Lipinski definition) is 3. The number of nitrogens with one attached hydrogen (secondary N) is 1. The molecule has 0 aliphatic carbocycles. The Morgan fingerprint density at radius 1 is 1.15 bits per heavy atom. The topological polar surface area (TPSA) is 139 Å². The fourth-order valence-corrected chi connectivity index (χ4v) is 6.33. The van der Waals surface area contributed by atoms with Crippen LogP contribution < -0.4 is 11.1 Å². The first-order valence-electron chi connectivity index (χ1n) is 10.4. The summed E-state index contributed by atoms with van der Waals surface area (Å²) < 4.78 is 0. The molecule has 172 valence electrons. The number of carbonyl (C=O) groups excluding carboxylic acids is 2. The monoisotopic (exact) mass is 493 g/mol. The van der Waals surface area contributed by atoms with E-state index >= 15 is 0 Å². The Balaban J connectivity index is 1.35. The molecular weight excluding hydrogens is 474 g/mol. The van der Waals surface area contributed by atoms with Crippen molar-refractivity contribution in [2.24, 2.45) is 0 Å². The predicted molar refractivity (Wildman–Crippen MR) is 130 cm³/mol. The summed E-state index contributed by atoms with van der Waals surface area (Å²) in [5.74, 6) is -1.32. The van der Waals surface area contributed by atoms with E-state index in [9.17, 15) is 19.5 Å². The molecular formula is C23H19N5O4S2. The number of hydrogen-bond acceptors (Lipinski definition) is 8. The standard InChI is InChI=1S/C23H19N5O4S2/c24-19-13-8-4-5-9-14(13)25-23(27-19)34-15-11-33-21-17(20(30)28(21)18(15)22(31)32)26-16(29)10-12-6-2-1-3-7-12/h1-9,17,21H,10-11H2,(H,26,29)(H,31,32)(H2,24,25,27)/t17?,21-/m1/s1. The second-order valence-electron chi connectivity index (χ2n) is 7.70. The van der Waals surface area contributed by atoms with Gasteiger partial charge in [-0.15, -0.1) is 11.8 Å². The van der Waals surface area contributed by atoms with E-state index in [-0.39, 0.29) is 18.0 Å². The van der Waals surface area contributed by atoms with Crippen LogP contribution in [0.15, 0.2) is 70.4 Å². The van der Waals surface area contributed by atoms with Crippen molar-refractivity contribution in [2.45, 2.75) is 23.0 Å². The fraction of sp³-hybridized carbons (Fsp3) is 0.174. The maximum atomic E-state index is 12.9. The zero-order valence-electron chi connectivity index (χ0n) is 17.7. The molecule has 11 heteroatoms. The first kappa shape index (κ1) is 22.2. The van der Waals surface area contributed by atoms with E-state index < -0.39 is 23.3 Å². The van der Waals surface area contributed by atoms with Gasteiger partial charge in [0.05, 0.1) is 11.9 Å². The SMILES string of the molecule is Nc1nc(SC2=C(C(=O)O)N3C(=O)C(NC(=O)Cc4ccccc4)[C@H]3SC2)nc2ccccc12. The number of para-hydroxylation sites is 1. The zero-order chi connectivity index (χ0) is 23.8. The molecule has 4 N–H and O–H groups in total. The number of anilines is 1. The Morgan fingerprint density at radius 3 is 2.65 bits per heavy atom. The molecule has 34 heavy (non-hydrogen) atoms. The van der Waals surface area contributed by atoms with Crippen LogP contribution in [0.25, 0.3) is 10.9 Å². The number of carboxylic acids is 1. The first-order chi connectivity index (χ1) is 16.4. The van der Waals surface area contributed by atoms with E-state index in [4.69, 9.17) is 5.73 Å². The van der Waals surface area contributed by atoms with Gasteiger partial charge in [-0.1, -0.05) is 54.2 Å². The fourth-order valence-electron chi connectivity index (χ4n) is 3.91. The number of nitrogen functional groups attached to an aromatic ring is 1. The molecule has 2 aliphatic rings. The number of aliphatic carboxylic acids is 1. The van der Waals surface area contributed by atoms with Gasteiger partial charge in [-0.2, -0.15) is 0 Å². The van der Waals surface area contributed by atoms with Gasteiger partial charge in [0.25, 0.3) is 5.91 Å². The summed E-state index contributed by atoms with van der Waals surface area (Å²) in [5, 5.41) is 13.2. The quantitative estimate of drug-likeness (QED) is 0.348. The van der Waals surface area contributed by atoms with Crippen LogP contribution in [0.1, 0.15) is 5.56 Å². The van der Waals surface area contributed by atoms with Crippen LogP contribution in [-0.2, 0) is 20.8 Å². The number of nitrogens with zero attached hydrogens (tertiary/aromatic N) is 3. The molecule has 1 unspecified atom stereocenters. The van der Waals surface area contributed by atoms with Gasteiger partial charge >= 0.3 is 5.97 Å². The normalized spacial score (nSPS) is 19.5. The van der Waals surface area contributed by atoms with Crippen molar-refractivity contribution in [1.29, 1.82) is 0 Å². The van der Waals surface area contributed by atoms with Crippen LogP contribution in [0.3, 0.4) is 0 Å². The summed E-state index contributed by atoms with van der Waals surface area (Å²) in [6.07, 6.45) is 0.144. The number of carboxylic acid groups (broad SMARTS) is 1. The van der Waals surface area contributed by atoms with Gasteiger partial charge in [0.2, 0.25) is 5.91 Å². The van der Waals surface area contributed by atoms with Gasteiger partial charge in [0.1, 0.15) is 22.9 Å². The number of thioether (sulfide) groups is 2. The van der Waals surface area contributed by atoms with Crippen molar-refractivity contribution in [3.63, 3.8) is 0 Å². The van der Waals surface area contributed by atoms with Crippen molar-refractivity contribution >= 4 is 58.0 Å². The molecule has 0 spiro atoms. The Bertz CT molecular complexity index is 1350. The lowest BCUT2D eigenvalue weighted by Crippen LogP contribution is -2.70. The largest absolute Gasteiger partial charge is 0.477 e. The highest BCUT2D eigenvalue weighted by Gasteiger charge is 2.54. The minimum atomic E-state index is -1.22. The van der Waals surface area contributed by atoms with E-state index in [1.807, 2.05) is 48.5 Å². The van der Waals surface area contributed by atoms with Gasteiger partial charge in [-0.25, -0.2) is 14.8 Å². The third kappa shape index (κ3) is 4.08. The second-order valence-corrected chi connectivity index (χ2v) is 9.87. The van der Waals surface area contributed by atoms with Crippen molar-refractivity contribution in [2.75, 3.05) is 11.5 Å². The molecule has 1 aromatic heterocycles. The Hall–Kier alpha value is -3.57. The number of aromatic nitrogens is 2. The van der Waals surface area contributed by atoms with Gasteiger partial charge in [0, 0.05) is 16.0 Å². The van der Waals surface area contributed by atoms with E-state index in [0.717, 1.165) is 17.3 Å². The molecule has 2 amide bonds. The number of amides is 2. The minimum absolute atomic E-state index is 0.109. The highest BCUT2D eigenvalue weighted by molar-refractivity contribution is 8.06. The van der Waals surface area contributed by atoms with Gasteiger partial charge in [0.15, 0.2) is 5.16 Å². The van der Waals surface area contributed by atoms with Crippen LogP contribution >= 0.6 is 23.5 Å². The third-order valence-corrected chi connectivity index (χ3v) is 7.90. The second kappa shape index (κ2) is 8.99. The molecule has 1 fully saturated rings. The summed E-state index contributed by atoms with van der Waals surface area (Å²) in [6, 6.07) is 15.7. The average Bonchev–Trinajstić information content (AvgIpc) is 2.83. The van der Waals surface area contributed by atoms with E-state index in [0.29, 0.717) is 32.5 Å². The lowest BCUT2D eigenvalue weighted by atomic mass is 10.0. The lowest BCUT2D eigenvalue weighted by Gasteiger charge is -2.49. The molecule has 9 nitrogen and oxygen atoms in total. The zero-order valence-corrected chi connectivity index (χ0v) is 19.3. The smallest absolute Gasteiger partial charge is 0.353 e. The average molecular weight is 494 g/mol. The molecule has 0 radical (unpaired) electrons. The molecule has 1 saturated heterocycles. The van der Waals surface area contributed by atoms with Gasteiger partial charge in [-0.3, -0.25) is 14.5 Å². The predicted octanol–water partition coefficient (Wildman–Crippen LogP) is 2.24. The molecule has 0 bridgehead atoms. The highest BCUT2D eigenvalue weighted by atomic mass is 32.2. The molecule has 2 aromatic carbocycles. The van der Waals surface area contributed by atoms with E-state index in [1.165, 1.54) is 16.7 Å². The number of benzene rings is 2. The summed E-state index contributed by atoms with van der Waals surface area (Å²) in [4.78, 5) is 47.9. The van der Waals surface area contributed by atoms with Crippen LogP contribution in [-0.4, -0.2) is 54.9 Å². The summed E-state index contributed by atoms with van der Waals surface area (Å²) in [5.41, 5.74) is 7.43. The summed E-state index contributed by atoms with van der Waals surface area (Å²) >= 11 is 2.47. The minimum Gasteiger partial charge on any atom is -0.477 e. The molecule has 0 saturated carbocycles. The number of fused-ring (bicyclic) bond motifs is 2. The maximum Gasteiger partial charge on any atom is 0.353 e. The van der Waals surface area contributed by atoms with Crippen LogP contribution in [0.5, 0.6) is 0 Å². The Kier molecular flexibility index (Phi) is 5.88. The van der Waals surface area contributed by atoms with Gasteiger partial charge in [-0.05, 0) is 17.7 Å². The highest BCUT2D eigenvalue weighted by Crippen LogP contribution is 2.44. The lowest BCUT2D eigenvalue weighted by molar-refractivity contribution is -0.150. The van der Waals surface area contributed by atoms with Gasteiger partial charge < -0.3 is 16.2 Å². The number of rotatable bonds is 6. The molecule has 2 atom stereocenters. The Labute approximate surface area is 202 Å².